The highest BCUT2D eigenvalue weighted by molar-refractivity contribution is 9.09. The molecule has 1 unspecified atom stereocenters. The summed E-state index contributed by atoms with van der Waals surface area (Å²) >= 11 is 3.54. The minimum atomic E-state index is 0.472. The number of hydrogen-bond donors (Lipinski definition) is 0. The second-order valence-corrected chi connectivity index (χ2v) is 4.20. The normalized spacial score (nSPS) is 13.3. The van der Waals surface area contributed by atoms with Gasteiger partial charge in [-0.3, -0.25) is 0 Å². The van der Waals surface area contributed by atoms with E-state index in [9.17, 15) is 0 Å². The molecule has 0 amide bonds. The van der Waals surface area contributed by atoms with Crippen LogP contribution in [0.25, 0.3) is 0 Å². The van der Waals surface area contributed by atoms with Gasteiger partial charge in [-0.1, -0.05) is 45.8 Å². The smallest absolute Gasteiger partial charge is 0.0438 e. The summed E-state index contributed by atoms with van der Waals surface area (Å²) in [6, 6.07) is 9.14. The van der Waals surface area contributed by atoms with Gasteiger partial charge in [-0.2, -0.15) is 0 Å². The maximum Gasteiger partial charge on any atom is 0.0438 e. The van der Waals surface area contributed by atoms with Crippen LogP contribution in [0.3, 0.4) is 0 Å². The molecule has 0 radical (unpaired) electrons. The van der Waals surface area contributed by atoms with Crippen LogP contribution in [0.5, 0.6) is 0 Å². The Labute approximate surface area is 88.9 Å². The second-order valence-electron chi connectivity index (χ2n) is 3.55. The molecule has 72 valence electrons. The molecule has 1 atom stereocenters. The number of alkyl halides is 1. The molecule has 2 heteroatoms. The minimum Gasteiger partial charge on any atom is -0.302 e. The lowest BCUT2D eigenvalue weighted by Gasteiger charge is -2.22. The zero-order chi connectivity index (χ0) is 9.84. The summed E-state index contributed by atoms with van der Waals surface area (Å²) in [5.74, 6) is 0. The molecule has 13 heavy (non-hydrogen) atoms. The Hall–Kier alpha value is -0.340. The molecule has 0 aromatic heterocycles. The number of halogens is 1. The van der Waals surface area contributed by atoms with Crippen LogP contribution in [0.1, 0.15) is 17.2 Å². The van der Waals surface area contributed by atoms with E-state index in [1.54, 1.807) is 0 Å². The van der Waals surface area contributed by atoms with Gasteiger partial charge in [0, 0.05) is 11.4 Å². The third-order valence-corrected chi connectivity index (χ3v) is 2.81. The van der Waals surface area contributed by atoms with Gasteiger partial charge in [0.1, 0.15) is 0 Å². The Bertz CT molecular complexity index is 271. The molecule has 0 saturated carbocycles. The Morgan fingerprint density at radius 3 is 2.54 bits per heavy atom. The van der Waals surface area contributed by atoms with Crippen molar-refractivity contribution in [3.63, 3.8) is 0 Å². The van der Waals surface area contributed by atoms with E-state index < -0.39 is 0 Å². The summed E-state index contributed by atoms with van der Waals surface area (Å²) in [5.41, 5.74) is 2.70. The van der Waals surface area contributed by atoms with Crippen LogP contribution in [-0.4, -0.2) is 24.3 Å². The van der Waals surface area contributed by atoms with Crippen LogP contribution in [-0.2, 0) is 0 Å². The lowest BCUT2D eigenvalue weighted by Crippen LogP contribution is -2.21. The molecule has 1 nitrogen and oxygen atoms in total. The molecule has 0 spiro atoms. The van der Waals surface area contributed by atoms with Gasteiger partial charge < -0.3 is 4.90 Å². The van der Waals surface area contributed by atoms with Gasteiger partial charge in [0.25, 0.3) is 0 Å². The van der Waals surface area contributed by atoms with E-state index in [-0.39, 0.29) is 0 Å². The molecular weight excluding hydrogens is 226 g/mol. The van der Waals surface area contributed by atoms with E-state index in [4.69, 9.17) is 0 Å². The molecular formula is C11H16BrN. The fourth-order valence-electron chi connectivity index (χ4n) is 1.40. The summed E-state index contributed by atoms with van der Waals surface area (Å²) < 4.78 is 0. The minimum absolute atomic E-state index is 0.472. The van der Waals surface area contributed by atoms with E-state index in [1.165, 1.54) is 11.1 Å². The fourth-order valence-corrected chi connectivity index (χ4v) is 2.36. The molecule has 0 bridgehead atoms. The van der Waals surface area contributed by atoms with E-state index in [2.05, 4.69) is 66.1 Å². The SMILES string of the molecule is Cc1cccc(C(CBr)N(C)C)c1. The van der Waals surface area contributed by atoms with Crippen molar-refractivity contribution in [3.05, 3.63) is 35.4 Å². The molecule has 0 N–H and O–H groups in total. The Morgan fingerprint density at radius 2 is 2.08 bits per heavy atom. The van der Waals surface area contributed by atoms with Crippen LogP contribution in [0.15, 0.2) is 24.3 Å². The number of hydrogen-bond acceptors (Lipinski definition) is 1. The molecule has 0 aliphatic carbocycles. The average Bonchev–Trinajstić information content (AvgIpc) is 2.04. The molecule has 0 aliphatic heterocycles. The van der Waals surface area contributed by atoms with Crippen molar-refractivity contribution in [2.45, 2.75) is 13.0 Å². The van der Waals surface area contributed by atoms with Gasteiger partial charge in [0.15, 0.2) is 0 Å². The van der Waals surface area contributed by atoms with Crippen molar-refractivity contribution in [1.29, 1.82) is 0 Å². The summed E-state index contributed by atoms with van der Waals surface area (Å²) in [5, 5.41) is 0.976. The van der Waals surface area contributed by atoms with Crippen molar-refractivity contribution >= 4 is 15.9 Å². The van der Waals surface area contributed by atoms with Crippen LogP contribution >= 0.6 is 15.9 Å². The second kappa shape index (κ2) is 4.77. The first-order chi connectivity index (χ1) is 6.15. The molecule has 0 aliphatic rings. The Kier molecular flexibility index (Phi) is 3.94. The zero-order valence-electron chi connectivity index (χ0n) is 8.42. The topological polar surface area (TPSA) is 3.24 Å². The predicted molar refractivity (Wildman–Crippen MR) is 61.4 cm³/mol. The summed E-state index contributed by atoms with van der Waals surface area (Å²) in [7, 11) is 4.21. The van der Waals surface area contributed by atoms with Crippen LogP contribution in [0, 0.1) is 6.92 Å². The van der Waals surface area contributed by atoms with Crippen molar-refractivity contribution in [2.75, 3.05) is 19.4 Å². The lowest BCUT2D eigenvalue weighted by molar-refractivity contribution is 0.327. The summed E-state index contributed by atoms with van der Waals surface area (Å²) in [6.07, 6.45) is 0. The van der Waals surface area contributed by atoms with E-state index in [0.29, 0.717) is 6.04 Å². The summed E-state index contributed by atoms with van der Waals surface area (Å²) in [4.78, 5) is 2.23. The van der Waals surface area contributed by atoms with Crippen LogP contribution in [0.4, 0.5) is 0 Å². The maximum atomic E-state index is 3.54. The van der Waals surface area contributed by atoms with Crippen molar-refractivity contribution in [1.82, 2.24) is 4.90 Å². The third kappa shape index (κ3) is 2.82. The van der Waals surface area contributed by atoms with Gasteiger partial charge in [-0.05, 0) is 26.6 Å². The highest BCUT2D eigenvalue weighted by atomic mass is 79.9. The lowest BCUT2D eigenvalue weighted by atomic mass is 10.1. The molecule has 0 saturated heterocycles. The largest absolute Gasteiger partial charge is 0.302 e. The first kappa shape index (κ1) is 10.7. The summed E-state index contributed by atoms with van der Waals surface area (Å²) in [6.45, 7) is 2.13. The molecule has 1 aromatic rings. The first-order valence-electron chi connectivity index (χ1n) is 4.44. The number of aryl methyl sites for hydroxylation is 1. The van der Waals surface area contributed by atoms with Gasteiger partial charge in [0.2, 0.25) is 0 Å². The molecule has 1 rings (SSSR count). The standard InChI is InChI=1S/C11H16BrN/c1-9-5-4-6-10(7-9)11(8-12)13(2)3/h4-7,11H,8H2,1-3H3. The predicted octanol–water partition coefficient (Wildman–Crippen LogP) is 2.99. The average molecular weight is 242 g/mol. The highest BCUT2D eigenvalue weighted by Crippen LogP contribution is 2.20. The van der Waals surface area contributed by atoms with Gasteiger partial charge >= 0.3 is 0 Å². The molecule has 0 heterocycles. The monoisotopic (exact) mass is 241 g/mol. The Balaban J connectivity index is 2.91. The number of rotatable bonds is 3. The van der Waals surface area contributed by atoms with E-state index in [0.717, 1.165) is 5.33 Å². The number of nitrogens with zero attached hydrogens (tertiary/aromatic N) is 1. The van der Waals surface area contributed by atoms with Crippen molar-refractivity contribution < 1.29 is 0 Å². The quantitative estimate of drug-likeness (QED) is 0.736. The van der Waals surface area contributed by atoms with Gasteiger partial charge in [-0.15, -0.1) is 0 Å². The molecule has 0 fully saturated rings. The van der Waals surface area contributed by atoms with Gasteiger partial charge in [-0.25, -0.2) is 0 Å². The van der Waals surface area contributed by atoms with Crippen molar-refractivity contribution in [3.8, 4) is 0 Å². The number of benzene rings is 1. The Morgan fingerprint density at radius 1 is 1.38 bits per heavy atom. The van der Waals surface area contributed by atoms with Crippen LogP contribution in [0.2, 0.25) is 0 Å². The van der Waals surface area contributed by atoms with E-state index in [1.807, 2.05) is 0 Å². The molecule has 1 aromatic carbocycles. The van der Waals surface area contributed by atoms with Gasteiger partial charge in [0.05, 0.1) is 0 Å². The van der Waals surface area contributed by atoms with Crippen LogP contribution < -0.4 is 0 Å². The maximum absolute atomic E-state index is 3.54. The highest BCUT2D eigenvalue weighted by Gasteiger charge is 2.11. The van der Waals surface area contributed by atoms with E-state index >= 15 is 0 Å². The van der Waals surface area contributed by atoms with Crippen molar-refractivity contribution in [2.24, 2.45) is 0 Å². The first-order valence-corrected chi connectivity index (χ1v) is 5.56. The fraction of sp³-hybridized carbons (Fsp3) is 0.455. The zero-order valence-corrected chi connectivity index (χ0v) is 10.0. The third-order valence-electron chi connectivity index (χ3n) is 2.20.